The van der Waals surface area contributed by atoms with Crippen molar-refractivity contribution in [3.8, 4) is 11.5 Å². The van der Waals surface area contributed by atoms with Crippen molar-refractivity contribution in [2.75, 3.05) is 12.8 Å². The van der Waals surface area contributed by atoms with Gasteiger partial charge >= 0.3 is 7.60 Å². The smallest absolute Gasteiger partial charge is 0.379 e. The monoisotopic (exact) mass is 791 g/mol. The summed E-state index contributed by atoms with van der Waals surface area (Å²) in [6.07, 6.45) is 42.7. The first-order chi connectivity index (χ1) is 26.3. The zero-order valence-corrected chi connectivity index (χ0v) is 39.2. The molecule has 1 aromatic carbocycles. The lowest BCUT2D eigenvalue weighted by Gasteiger charge is -2.29. The van der Waals surface area contributed by atoms with Crippen molar-refractivity contribution in [2.24, 2.45) is 0 Å². The Balaban J connectivity index is 2.51. The first kappa shape index (κ1) is 52.0. The van der Waals surface area contributed by atoms with Crippen molar-refractivity contribution in [1.82, 2.24) is 0 Å². The molecule has 0 aliphatic rings. The second kappa shape index (κ2) is 31.9. The van der Waals surface area contributed by atoms with Crippen molar-refractivity contribution in [3.63, 3.8) is 0 Å². The first-order valence-corrected chi connectivity index (χ1v) is 25.9. The van der Waals surface area contributed by atoms with E-state index < -0.39 is 7.60 Å². The molecule has 0 aliphatic carbocycles. The summed E-state index contributed by atoms with van der Waals surface area (Å²) in [5.41, 5.74) is 1.08. The quantitative estimate of drug-likeness (QED) is 0.0539. The summed E-state index contributed by atoms with van der Waals surface area (Å²) in [7, 11) is -3.36. The van der Waals surface area contributed by atoms with Gasteiger partial charge in [-0.05, 0) is 35.8 Å². The van der Waals surface area contributed by atoms with E-state index in [9.17, 15) is 9.67 Å². The normalized spacial score (nSPS) is 13.4. The van der Waals surface area contributed by atoms with Crippen LogP contribution >= 0.6 is 7.60 Å². The van der Waals surface area contributed by atoms with Gasteiger partial charge in [-0.25, -0.2) is 4.57 Å². The zero-order valence-electron chi connectivity index (χ0n) is 38.3. The number of rotatable bonds is 37. The van der Waals surface area contributed by atoms with Gasteiger partial charge in [-0.2, -0.15) is 0 Å². The van der Waals surface area contributed by atoms with Crippen LogP contribution < -0.4 is 4.52 Å². The molecule has 0 heterocycles. The van der Waals surface area contributed by atoms with Crippen molar-refractivity contribution in [3.05, 3.63) is 23.3 Å². The molecule has 1 atom stereocenters. The van der Waals surface area contributed by atoms with Gasteiger partial charge in [0, 0.05) is 11.1 Å². The molecule has 0 aliphatic heterocycles. The molecule has 0 amide bonds. The Labute approximate surface area is 344 Å². The summed E-state index contributed by atoms with van der Waals surface area (Å²) < 4.78 is 27.0. The molecule has 1 unspecified atom stereocenters. The maximum atomic E-state index is 14.4. The highest BCUT2D eigenvalue weighted by Crippen LogP contribution is 2.52. The van der Waals surface area contributed by atoms with Gasteiger partial charge in [0.15, 0.2) is 0 Å². The molecule has 324 valence electrons. The molecule has 1 rings (SSSR count). The third-order valence-electron chi connectivity index (χ3n) is 11.5. The fraction of sp³-hybridized carbons (Fsp3) is 0.880. The minimum atomic E-state index is -3.36. The summed E-state index contributed by atoms with van der Waals surface area (Å²) in [5, 5.41) is 11.3. The molecule has 1 N–H and O–H groups in total. The van der Waals surface area contributed by atoms with E-state index in [1.807, 2.05) is 12.1 Å². The topological polar surface area (TPSA) is 55.8 Å². The van der Waals surface area contributed by atoms with Gasteiger partial charge in [-0.3, -0.25) is 4.52 Å². The Morgan fingerprint density at radius 2 is 0.727 bits per heavy atom. The highest BCUT2D eigenvalue weighted by Gasteiger charge is 2.31. The van der Waals surface area contributed by atoms with Gasteiger partial charge in [0.1, 0.15) is 11.5 Å². The highest BCUT2D eigenvalue weighted by molar-refractivity contribution is 7.54. The molecule has 0 saturated heterocycles. The Bertz CT molecular complexity index is 1050. The van der Waals surface area contributed by atoms with Crippen molar-refractivity contribution in [1.29, 1.82) is 0 Å². The molecule has 4 nitrogen and oxygen atoms in total. The molecular formula is C50H95O4P. The van der Waals surface area contributed by atoms with Crippen LogP contribution in [0.1, 0.15) is 272 Å². The van der Waals surface area contributed by atoms with Gasteiger partial charge in [-0.15, -0.1) is 0 Å². The van der Waals surface area contributed by atoms with E-state index in [-0.39, 0.29) is 10.8 Å². The second-order valence-corrected chi connectivity index (χ2v) is 21.3. The molecule has 0 fully saturated rings. The van der Waals surface area contributed by atoms with E-state index in [1.54, 1.807) is 0 Å². The van der Waals surface area contributed by atoms with Crippen LogP contribution in [0.3, 0.4) is 0 Å². The lowest BCUT2D eigenvalue weighted by Crippen LogP contribution is -2.17. The number of aromatic hydroxyl groups is 1. The fourth-order valence-electron chi connectivity index (χ4n) is 7.81. The SMILES string of the molecule is CCCCCCCCCCCCCCCCCCOP(=O)(CCCCCCCCCCCCCCCCCC)Oc1cc(C(C)(C)C)c(O)c(C(C)(C)C)c1. The largest absolute Gasteiger partial charge is 0.507 e. The fourth-order valence-corrected chi connectivity index (χ4v) is 9.53. The average Bonchev–Trinajstić information content (AvgIpc) is 3.12. The molecule has 5 heteroatoms. The van der Waals surface area contributed by atoms with Gasteiger partial charge in [-0.1, -0.05) is 248 Å². The average molecular weight is 791 g/mol. The number of phenols is 1. The maximum absolute atomic E-state index is 14.4. The molecule has 55 heavy (non-hydrogen) atoms. The number of benzene rings is 1. The molecule has 0 bridgehead atoms. The highest BCUT2D eigenvalue weighted by atomic mass is 31.2. The van der Waals surface area contributed by atoms with Gasteiger partial charge in [0.25, 0.3) is 0 Å². The predicted octanol–water partition coefficient (Wildman–Crippen LogP) is 18.1. The summed E-state index contributed by atoms with van der Waals surface area (Å²) in [6, 6.07) is 3.78. The van der Waals surface area contributed by atoms with Crippen LogP contribution in [0.15, 0.2) is 12.1 Å². The molecule has 1 aromatic rings. The standard InChI is InChI=1S/C50H95O4P/c1-9-11-13-15-17-19-21-23-25-27-29-31-33-35-37-39-41-53-55(52,54-45-43-46(49(3,4)5)48(51)47(44-45)50(6,7)8)42-40-38-36-34-32-30-28-26-24-22-20-18-16-14-12-10-2/h43-44,51H,9-42H2,1-8H3. The predicted molar refractivity (Wildman–Crippen MR) is 244 cm³/mol. The second-order valence-electron chi connectivity index (χ2n) is 19.2. The molecule has 0 saturated carbocycles. The molecule has 0 spiro atoms. The number of hydrogen-bond donors (Lipinski definition) is 1. The van der Waals surface area contributed by atoms with Gasteiger partial charge in [0.2, 0.25) is 0 Å². The Kier molecular flexibility index (Phi) is 30.2. The van der Waals surface area contributed by atoms with Crippen LogP contribution in [0.5, 0.6) is 11.5 Å². The maximum Gasteiger partial charge on any atom is 0.379 e. The van der Waals surface area contributed by atoms with E-state index in [0.717, 1.165) is 36.8 Å². The van der Waals surface area contributed by atoms with Crippen LogP contribution in [0, 0.1) is 0 Å². The summed E-state index contributed by atoms with van der Waals surface area (Å²) >= 11 is 0. The number of hydrogen-bond acceptors (Lipinski definition) is 4. The minimum Gasteiger partial charge on any atom is -0.507 e. The number of unbranched alkanes of at least 4 members (excludes halogenated alkanes) is 30. The summed E-state index contributed by atoms with van der Waals surface area (Å²) in [5.74, 6) is 0.869. The van der Waals surface area contributed by atoms with E-state index in [0.29, 0.717) is 24.3 Å². The minimum absolute atomic E-state index is 0.282. The Morgan fingerprint density at radius 1 is 0.455 bits per heavy atom. The van der Waals surface area contributed by atoms with E-state index >= 15 is 0 Å². The van der Waals surface area contributed by atoms with Crippen molar-refractivity contribution in [2.45, 2.75) is 272 Å². The Hall–Kier alpha value is -0.990. The lowest BCUT2D eigenvalue weighted by molar-refractivity contribution is 0.256. The van der Waals surface area contributed by atoms with Crippen molar-refractivity contribution >= 4 is 7.60 Å². The van der Waals surface area contributed by atoms with E-state index in [2.05, 4.69) is 55.4 Å². The lowest BCUT2D eigenvalue weighted by atomic mass is 9.79. The molecular weight excluding hydrogens is 696 g/mol. The van der Waals surface area contributed by atoms with Crippen LogP contribution in [-0.4, -0.2) is 17.9 Å². The van der Waals surface area contributed by atoms with E-state index in [4.69, 9.17) is 9.05 Å². The van der Waals surface area contributed by atoms with Gasteiger partial charge < -0.3 is 9.63 Å². The molecule has 0 aromatic heterocycles. The van der Waals surface area contributed by atoms with Crippen LogP contribution in [0.2, 0.25) is 0 Å². The Morgan fingerprint density at radius 3 is 1.02 bits per heavy atom. The molecule has 0 radical (unpaired) electrons. The summed E-state index contributed by atoms with van der Waals surface area (Å²) in [6.45, 7) is 17.7. The third-order valence-corrected chi connectivity index (χ3v) is 13.4. The van der Waals surface area contributed by atoms with E-state index in [1.165, 1.54) is 180 Å². The van der Waals surface area contributed by atoms with Crippen LogP contribution in [-0.2, 0) is 19.9 Å². The van der Waals surface area contributed by atoms with Gasteiger partial charge in [0.05, 0.1) is 12.8 Å². The van der Waals surface area contributed by atoms with Crippen molar-refractivity contribution < 1.29 is 18.7 Å². The third kappa shape index (κ3) is 27.4. The van der Waals surface area contributed by atoms with Crippen LogP contribution in [0.4, 0.5) is 0 Å². The first-order valence-electron chi connectivity index (χ1n) is 24.1. The van der Waals surface area contributed by atoms with Crippen LogP contribution in [0.25, 0.3) is 0 Å². The zero-order chi connectivity index (χ0) is 40.7. The number of phenolic OH excluding ortho intramolecular Hbond substituents is 1. The summed E-state index contributed by atoms with van der Waals surface area (Å²) in [4.78, 5) is 0.